The van der Waals surface area contributed by atoms with Gasteiger partial charge in [0.05, 0.1) is 6.54 Å². The van der Waals surface area contributed by atoms with Gasteiger partial charge in [-0.15, -0.1) is 0 Å². The number of hydrogen-bond acceptors (Lipinski definition) is 5. The standard InChI is InChI=1S/C7H13NO4/c1-11-4-2-3-6(9)12-7(10)5-8/h2-5,8H2,1H3. The molecule has 2 N–H and O–H groups in total. The molecular weight excluding hydrogens is 162 g/mol. The molecule has 0 unspecified atom stereocenters. The van der Waals surface area contributed by atoms with Crippen molar-refractivity contribution in [2.24, 2.45) is 5.73 Å². The molecule has 0 aromatic heterocycles. The van der Waals surface area contributed by atoms with Crippen molar-refractivity contribution >= 4 is 11.9 Å². The molecule has 0 bridgehead atoms. The van der Waals surface area contributed by atoms with Crippen LogP contribution in [0.2, 0.25) is 0 Å². The molecule has 5 nitrogen and oxygen atoms in total. The normalized spacial score (nSPS) is 9.50. The van der Waals surface area contributed by atoms with Gasteiger partial charge in [0.2, 0.25) is 0 Å². The summed E-state index contributed by atoms with van der Waals surface area (Å²) in [7, 11) is 1.54. The van der Waals surface area contributed by atoms with Crippen LogP contribution >= 0.6 is 0 Å². The zero-order valence-corrected chi connectivity index (χ0v) is 7.04. The Hall–Kier alpha value is -0.940. The van der Waals surface area contributed by atoms with E-state index in [1.165, 1.54) is 7.11 Å². The summed E-state index contributed by atoms with van der Waals surface area (Å²) in [6.45, 7) is 0.210. The Morgan fingerprint density at radius 3 is 2.50 bits per heavy atom. The highest BCUT2D eigenvalue weighted by Gasteiger charge is 2.07. The van der Waals surface area contributed by atoms with Crippen molar-refractivity contribution in [2.45, 2.75) is 12.8 Å². The van der Waals surface area contributed by atoms with E-state index in [4.69, 9.17) is 10.5 Å². The minimum atomic E-state index is -0.697. The van der Waals surface area contributed by atoms with E-state index in [0.29, 0.717) is 13.0 Å². The van der Waals surface area contributed by atoms with Crippen molar-refractivity contribution < 1.29 is 19.1 Å². The Morgan fingerprint density at radius 2 is 2.00 bits per heavy atom. The largest absolute Gasteiger partial charge is 0.392 e. The Labute approximate surface area is 70.8 Å². The molecular formula is C7H13NO4. The molecule has 0 spiro atoms. The van der Waals surface area contributed by atoms with E-state index in [1.54, 1.807) is 0 Å². The molecule has 0 amide bonds. The number of carbonyl (C=O) groups is 2. The second-order valence-corrected chi connectivity index (χ2v) is 2.15. The molecule has 0 atom stereocenters. The predicted molar refractivity (Wildman–Crippen MR) is 41.3 cm³/mol. The van der Waals surface area contributed by atoms with Crippen LogP contribution in [0.25, 0.3) is 0 Å². The summed E-state index contributed by atoms with van der Waals surface area (Å²) < 4.78 is 8.99. The molecule has 0 aromatic carbocycles. The zero-order valence-electron chi connectivity index (χ0n) is 7.04. The van der Waals surface area contributed by atoms with Gasteiger partial charge in [-0.1, -0.05) is 0 Å². The summed E-state index contributed by atoms with van der Waals surface area (Å²) in [6, 6.07) is 0. The van der Waals surface area contributed by atoms with E-state index < -0.39 is 11.9 Å². The first kappa shape index (κ1) is 11.1. The van der Waals surface area contributed by atoms with E-state index in [9.17, 15) is 9.59 Å². The SMILES string of the molecule is COCCCC(=O)OC(=O)CN. The Kier molecular flexibility index (Phi) is 6.22. The smallest absolute Gasteiger partial charge is 0.327 e. The molecule has 0 fully saturated rings. The number of methoxy groups -OCH3 is 1. The molecule has 12 heavy (non-hydrogen) atoms. The maximum Gasteiger partial charge on any atom is 0.327 e. The quantitative estimate of drug-likeness (QED) is 0.344. The van der Waals surface area contributed by atoms with E-state index in [1.807, 2.05) is 0 Å². The van der Waals surface area contributed by atoms with Crippen molar-refractivity contribution in [1.29, 1.82) is 0 Å². The Morgan fingerprint density at radius 1 is 1.33 bits per heavy atom. The van der Waals surface area contributed by atoms with Gasteiger partial charge in [0.25, 0.3) is 0 Å². The molecule has 0 radical (unpaired) electrons. The van der Waals surface area contributed by atoms with Gasteiger partial charge in [0.15, 0.2) is 0 Å². The van der Waals surface area contributed by atoms with Crippen molar-refractivity contribution in [3.05, 3.63) is 0 Å². The summed E-state index contributed by atoms with van der Waals surface area (Å²) in [4.78, 5) is 21.2. The summed E-state index contributed by atoms with van der Waals surface area (Å²) in [5, 5.41) is 0. The third-order valence-corrected chi connectivity index (χ3v) is 1.12. The number of ether oxygens (including phenoxy) is 2. The fourth-order valence-corrected chi connectivity index (χ4v) is 0.581. The molecule has 0 heterocycles. The van der Waals surface area contributed by atoms with Gasteiger partial charge < -0.3 is 15.2 Å². The molecule has 0 aliphatic rings. The highest BCUT2D eigenvalue weighted by Crippen LogP contribution is 1.92. The van der Waals surface area contributed by atoms with Crippen molar-refractivity contribution in [1.82, 2.24) is 0 Å². The second kappa shape index (κ2) is 6.75. The molecule has 0 saturated heterocycles. The van der Waals surface area contributed by atoms with Gasteiger partial charge in [-0.25, -0.2) is 0 Å². The summed E-state index contributed by atoms with van der Waals surface area (Å²) >= 11 is 0. The van der Waals surface area contributed by atoms with Crippen LogP contribution < -0.4 is 5.73 Å². The van der Waals surface area contributed by atoms with Gasteiger partial charge >= 0.3 is 11.9 Å². The van der Waals surface area contributed by atoms with E-state index in [-0.39, 0.29) is 13.0 Å². The average molecular weight is 175 g/mol. The summed E-state index contributed by atoms with van der Waals surface area (Å²) in [5.74, 6) is -1.25. The molecule has 5 heteroatoms. The first-order chi connectivity index (χ1) is 5.70. The molecule has 0 rings (SSSR count). The van der Waals surface area contributed by atoms with Crippen LogP contribution in [0, 0.1) is 0 Å². The molecule has 0 aromatic rings. The van der Waals surface area contributed by atoms with E-state index >= 15 is 0 Å². The van der Waals surface area contributed by atoms with Gasteiger partial charge in [0, 0.05) is 20.1 Å². The average Bonchev–Trinajstić information content (AvgIpc) is 2.05. The van der Waals surface area contributed by atoms with Crippen LogP contribution in [0.4, 0.5) is 0 Å². The summed E-state index contributed by atoms with van der Waals surface area (Å²) in [6.07, 6.45) is 0.729. The van der Waals surface area contributed by atoms with Crippen LogP contribution in [0.5, 0.6) is 0 Å². The van der Waals surface area contributed by atoms with E-state index in [0.717, 1.165) is 0 Å². The van der Waals surface area contributed by atoms with Crippen LogP contribution in [0.15, 0.2) is 0 Å². The van der Waals surface area contributed by atoms with Crippen LogP contribution in [-0.2, 0) is 19.1 Å². The van der Waals surface area contributed by atoms with Crippen molar-refractivity contribution in [2.75, 3.05) is 20.3 Å². The fraction of sp³-hybridized carbons (Fsp3) is 0.714. The Balaban J connectivity index is 3.40. The van der Waals surface area contributed by atoms with Gasteiger partial charge in [-0.2, -0.15) is 0 Å². The summed E-state index contributed by atoms with van der Waals surface area (Å²) in [5.41, 5.74) is 4.92. The minimum absolute atomic E-state index is 0.180. The third kappa shape index (κ3) is 5.82. The monoisotopic (exact) mass is 175 g/mol. The maximum absolute atomic E-state index is 10.7. The van der Waals surface area contributed by atoms with Crippen LogP contribution in [-0.4, -0.2) is 32.2 Å². The van der Waals surface area contributed by atoms with E-state index in [2.05, 4.69) is 4.74 Å². The first-order valence-electron chi connectivity index (χ1n) is 3.63. The lowest BCUT2D eigenvalue weighted by Crippen LogP contribution is -2.20. The van der Waals surface area contributed by atoms with Crippen molar-refractivity contribution in [3.8, 4) is 0 Å². The molecule has 0 saturated carbocycles. The van der Waals surface area contributed by atoms with Crippen LogP contribution in [0.3, 0.4) is 0 Å². The fourth-order valence-electron chi connectivity index (χ4n) is 0.581. The highest BCUT2D eigenvalue weighted by atomic mass is 16.6. The first-order valence-corrected chi connectivity index (χ1v) is 3.63. The lowest BCUT2D eigenvalue weighted by molar-refractivity contribution is -0.158. The topological polar surface area (TPSA) is 78.6 Å². The zero-order chi connectivity index (χ0) is 9.40. The number of nitrogens with two attached hydrogens (primary N) is 1. The molecule has 0 aliphatic carbocycles. The second-order valence-electron chi connectivity index (χ2n) is 2.15. The highest BCUT2D eigenvalue weighted by molar-refractivity contribution is 5.86. The maximum atomic E-state index is 10.7. The molecule has 0 aliphatic heterocycles. The van der Waals surface area contributed by atoms with Gasteiger partial charge in [-0.3, -0.25) is 9.59 Å². The number of rotatable bonds is 5. The lowest BCUT2D eigenvalue weighted by atomic mass is 10.3. The van der Waals surface area contributed by atoms with Gasteiger partial charge in [-0.05, 0) is 6.42 Å². The lowest BCUT2D eigenvalue weighted by Gasteiger charge is -2.00. The minimum Gasteiger partial charge on any atom is -0.392 e. The third-order valence-electron chi connectivity index (χ3n) is 1.12. The van der Waals surface area contributed by atoms with Gasteiger partial charge in [0.1, 0.15) is 0 Å². The predicted octanol–water partition coefficient (Wildman–Crippen LogP) is -0.558. The number of esters is 2. The number of carbonyl (C=O) groups excluding carboxylic acids is 2. The van der Waals surface area contributed by atoms with Crippen molar-refractivity contribution in [3.63, 3.8) is 0 Å². The molecule has 70 valence electrons. The Bertz CT molecular complexity index is 157. The number of hydrogen-bond donors (Lipinski definition) is 1. The van der Waals surface area contributed by atoms with Crippen LogP contribution in [0.1, 0.15) is 12.8 Å².